The van der Waals surface area contributed by atoms with Gasteiger partial charge in [0.25, 0.3) is 5.56 Å². The minimum Gasteiger partial charge on any atom is -0.467 e. The van der Waals surface area contributed by atoms with Gasteiger partial charge in [-0.1, -0.05) is 0 Å². The molecule has 4 rings (SSSR count). The fourth-order valence-corrected chi connectivity index (χ4v) is 3.15. The lowest BCUT2D eigenvalue weighted by atomic mass is 10.00. The zero-order valence-electron chi connectivity index (χ0n) is 13.8. The van der Waals surface area contributed by atoms with E-state index < -0.39 is 0 Å². The Bertz CT molecular complexity index is 781. The second-order valence-electron chi connectivity index (χ2n) is 6.65. The van der Waals surface area contributed by atoms with E-state index in [0.29, 0.717) is 24.4 Å². The van der Waals surface area contributed by atoms with Gasteiger partial charge in [0.2, 0.25) is 0 Å². The highest BCUT2D eigenvalue weighted by atomic mass is 16.5. The van der Waals surface area contributed by atoms with E-state index in [1.807, 2.05) is 12.1 Å². The van der Waals surface area contributed by atoms with Crippen molar-refractivity contribution in [2.75, 3.05) is 20.2 Å². The zero-order chi connectivity index (χ0) is 16.5. The number of hydrogen-bond acceptors (Lipinski definition) is 6. The summed E-state index contributed by atoms with van der Waals surface area (Å²) in [6.45, 7) is 3.38. The number of hydrogen-bond donors (Lipinski definition) is 0. The van der Waals surface area contributed by atoms with E-state index in [1.54, 1.807) is 24.1 Å². The summed E-state index contributed by atoms with van der Waals surface area (Å²) in [6.07, 6.45) is 4.11. The Hall–Kier alpha value is -2.28. The van der Waals surface area contributed by atoms with Gasteiger partial charge in [0, 0.05) is 43.7 Å². The van der Waals surface area contributed by atoms with Crippen LogP contribution in [0.3, 0.4) is 0 Å². The molecule has 0 spiro atoms. The van der Waals surface area contributed by atoms with Crippen LogP contribution in [0, 0.1) is 5.92 Å². The van der Waals surface area contributed by atoms with Gasteiger partial charge in [0.15, 0.2) is 0 Å². The molecule has 24 heavy (non-hydrogen) atoms. The van der Waals surface area contributed by atoms with Crippen molar-refractivity contribution in [3.8, 4) is 6.01 Å². The highest BCUT2D eigenvalue weighted by Crippen LogP contribution is 2.38. The van der Waals surface area contributed by atoms with E-state index in [0.717, 1.165) is 31.0 Å². The van der Waals surface area contributed by atoms with Crippen molar-refractivity contribution in [1.82, 2.24) is 24.6 Å². The summed E-state index contributed by atoms with van der Waals surface area (Å²) in [4.78, 5) is 22.6. The van der Waals surface area contributed by atoms with Gasteiger partial charge in [-0.15, -0.1) is 0 Å². The number of likely N-dealkylation sites (tertiary alicyclic amines) is 1. The number of nitrogens with zero attached hydrogens (tertiary/aromatic N) is 5. The zero-order valence-corrected chi connectivity index (χ0v) is 13.8. The Morgan fingerprint density at radius 1 is 1.25 bits per heavy atom. The first kappa shape index (κ1) is 15.3. The summed E-state index contributed by atoms with van der Waals surface area (Å²) in [6, 6.07) is 5.84. The maximum Gasteiger partial charge on any atom is 0.316 e. The van der Waals surface area contributed by atoms with E-state index >= 15 is 0 Å². The molecule has 7 nitrogen and oxygen atoms in total. The van der Waals surface area contributed by atoms with E-state index in [4.69, 9.17) is 4.74 Å². The summed E-state index contributed by atoms with van der Waals surface area (Å²) in [5.41, 5.74) is 2.02. The highest BCUT2D eigenvalue weighted by Gasteiger charge is 2.29. The number of methoxy groups -OCH3 is 1. The average molecular weight is 327 g/mol. The van der Waals surface area contributed by atoms with Gasteiger partial charge >= 0.3 is 6.01 Å². The molecule has 126 valence electrons. The molecule has 0 amide bonds. The van der Waals surface area contributed by atoms with E-state index in [1.165, 1.54) is 12.8 Å². The van der Waals surface area contributed by atoms with Crippen molar-refractivity contribution in [2.24, 2.45) is 5.92 Å². The van der Waals surface area contributed by atoms with Crippen molar-refractivity contribution >= 4 is 0 Å². The Labute approximate surface area is 140 Å². The van der Waals surface area contributed by atoms with E-state index in [9.17, 15) is 4.79 Å². The molecular weight excluding hydrogens is 306 g/mol. The molecule has 0 atom stereocenters. The van der Waals surface area contributed by atoms with Gasteiger partial charge in [0.05, 0.1) is 25.0 Å². The van der Waals surface area contributed by atoms with Gasteiger partial charge in [0.1, 0.15) is 0 Å². The third-order valence-electron chi connectivity index (χ3n) is 4.61. The number of aromatic nitrogens is 4. The van der Waals surface area contributed by atoms with Crippen molar-refractivity contribution in [3.05, 3.63) is 46.1 Å². The molecule has 0 bridgehead atoms. The molecule has 2 aromatic heterocycles. The summed E-state index contributed by atoms with van der Waals surface area (Å²) >= 11 is 0. The van der Waals surface area contributed by atoms with Crippen molar-refractivity contribution in [2.45, 2.75) is 31.8 Å². The van der Waals surface area contributed by atoms with Crippen molar-refractivity contribution in [3.63, 3.8) is 0 Å². The predicted octanol–water partition coefficient (Wildman–Crippen LogP) is 1.05. The maximum absolute atomic E-state index is 12.0. The van der Waals surface area contributed by atoms with Gasteiger partial charge < -0.3 is 4.74 Å². The molecule has 0 unspecified atom stereocenters. The van der Waals surface area contributed by atoms with Crippen molar-refractivity contribution < 1.29 is 4.74 Å². The monoisotopic (exact) mass is 327 g/mol. The standard InChI is InChI=1S/C17H21N5O2/c1-24-17-18-7-6-14(19-17)11-21-8-12(9-21)10-22-16(23)5-4-15(20-22)13-2-3-13/h4-7,12-13H,2-3,8-11H2,1H3. The molecule has 0 radical (unpaired) electrons. The van der Waals surface area contributed by atoms with Crippen LogP contribution in [-0.4, -0.2) is 44.8 Å². The number of ether oxygens (including phenoxy) is 1. The smallest absolute Gasteiger partial charge is 0.316 e. The first-order valence-corrected chi connectivity index (χ1v) is 8.37. The normalized spacial score (nSPS) is 18.4. The minimum absolute atomic E-state index is 0.00149. The molecule has 2 aromatic rings. The molecule has 1 aliphatic carbocycles. The molecule has 1 aliphatic heterocycles. The Morgan fingerprint density at radius 3 is 2.83 bits per heavy atom. The third kappa shape index (κ3) is 3.31. The first-order valence-electron chi connectivity index (χ1n) is 8.37. The fraction of sp³-hybridized carbons (Fsp3) is 0.529. The van der Waals surface area contributed by atoms with Crippen molar-refractivity contribution in [1.29, 1.82) is 0 Å². The Kier molecular flexibility index (Phi) is 4.02. The largest absolute Gasteiger partial charge is 0.467 e. The predicted molar refractivity (Wildman–Crippen MR) is 87.8 cm³/mol. The lowest BCUT2D eigenvalue weighted by molar-refractivity contribution is 0.0750. The number of rotatable bonds is 6. The van der Waals surface area contributed by atoms with Crippen LogP contribution in [0.4, 0.5) is 0 Å². The van der Waals surface area contributed by atoms with E-state index in [2.05, 4.69) is 20.0 Å². The second-order valence-corrected chi connectivity index (χ2v) is 6.65. The Balaban J connectivity index is 1.33. The van der Waals surface area contributed by atoms with Gasteiger partial charge in [-0.3, -0.25) is 9.69 Å². The summed E-state index contributed by atoms with van der Waals surface area (Å²) in [5, 5.41) is 4.54. The third-order valence-corrected chi connectivity index (χ3v) is 4.61. The van der Waals surface area contributed by atoms with Crippen LogP contribution in [0.15, 0.2) is 29.2 Å². The Morgan fingerprint density at radius 2 is 2.08 bits per heavy atom. The molecule has 0 N–H and O–H groups in total. The SMILES string of the molecule is COc1nccc(CN2CC(Cn3nc(C4CC4)ccc3=O)C2)n1. The van der Waals surface area contributed by atoms with Crippen LogP contribution in [0.1, 0.15) is 30.1 Å². The molecule has 1 saturated heterocycles. The van der Waals surface area contributed by atoms with Gasteiger partial charge in [-0.25, -0.2) is 9.67 Å². The molecule has 2 aliphatic rings. The topological polar surface area (TPSA) is 73.1 Å². The maximum atomic E-state index is 12.0. The van der Waals surface area contributed by atoms with Crippen LogP contribution < -0.4 is 10.3 Å². The second kappa shape index (κ2) is 6.32. The van der Waals surface area contributed by atoms with Crippen LogP contribution in [0.25, 0.3) is 0 Å². The van der Waals surface area contributed by atoms with Crippen LogP contribution >= 0.6 is 0 Å². The average Bonchev–Trinajstić information content (AvgIpc) is 3.39. The fourth-order valence-electron chi connectivity index (χ4n) is 3.15. The van der Waals surface area contributed by atoms with Crippen LogP contribution in [0.5, 0.6) is 6.01 Å². The lowest BCUT2D eigenvalue weighted by Gasteiger charge is -2.39. The van der Waals surface area contributed by atoms with Crippen LogP contribution in [-0.2, 0) is 13.1 Å². The quantitative estimate of drug-likeness (QED) is 0.790. The summed E-state index contributed by atoms with van der Waals surface area (Å²) in [7, 11) is 1.57. The molecule has 7 heteroatoms. The molecule has 3 heterocycles. The van der Waals surface area contributed by atoms with Gasteiger partial charge in [-0.2, -0.15) is 10.1 Å². The first-order chi connectivity index (χ1) is 11.7. The molecule has 0 aromatic carbocycles. The lowest BCUT2D eigenvalue weighted by Crippen LogP contribution is -2.49. The molecule has 2 fully saturated rings. The van der Waals surface area contributed by atoms with Gasteiger partial charge in [-0.05, 0) is 25.0 Å². The molecule has 1 saturated carbocycles. The molecular formula is C17H21N5O2. The highest BCUT2D eigenvalue weighted by molar-refractivity contribution is 5.12. The summed E-state index contributed by atoms with van der Waals surface area (Å²) < 4.78 is 6.69. The summed E-state index contributed by atoms with van der Waals surface area (Å²) in [5.74, 6) is 1.04. The van der Waals surface area contributed by atoms with Crippen LogP contribution in [0.2, 0.25) is 0 Å². The van der Waals surface area contributed by atoms with E-state index in [-0.39, 0.29) is 5.56 Å². The minimum atomic E-state index is -0.00149.